The largest absolute Gasteiger partial charge is 0.387 e. The Morgan fingerprint density at radius 2 is 2.25 bits per heavy atom. The third kappa shape index (κ3) is 5.39. The minimum atomic E-state index is 0.151. The highest BCUT2D eigenvalue weighted by molar-refractivity contribution is 5.78. The van der Waals surface area contributed by atoms with Crippen LogP contribution in [0, 0.1) is 5.41 Å². The van der Waals surface area contributed by atoms with Crippen molar-refractivity contribution in [3.05, 3.63) is 0 Å². The van der Waals surface area contributed by atoms with Gasteiger partial charge in [0.1, 0.15) is 5.84 Å². The van der Waals surface area contributed by atoms with Crippen LogP contribution in [-0.4, -0.2) is 25.5 Å². The summed E-state index contributed by atoms with van der Waals surface area (Å²) >= 11 is 0. The fraction of sp³-hybridized carbons (Fsp3) is 0.750. The van der Waals surface area contributed by atoms with Gasteiger partial charge in [0.2, 0.25) is 0 Å². The van der Waals surface area contributed by atoms with Gasteiger partial charge in [-0.05, 0) is 0 Å². The summed E-state index contributed by atoms with van der Waals surface area (Å²) in [5.41, 5.74) is 10.2. The number of rotatable bonds is 4. The zero-order chi connectivity index (χ0) is 6.41. The van der Waals surface area contributed by atoms with Crippen molar-refractivity contribution in [3.63, 3.8) is 0 Å². The molecule has 8 heavy (non-hydrogen) atoms. The van der Waals surface area contributed by atoms with Gasteiger partial charge in [0.15, 0.2) is 0 Å². The molecule has 0 aromatic carbocycles. The van der Waals surface area contributed by atoms with Gasteiger partial charge in [-0.2, -0.15) is 0 Å². The second-order valence-electron chi connectivity index (χ2n) is 1.49. The number of nitrogens with one attached hydrogen (secondary N) is 2. The Labute approximate surface area is 48.7 Å². The lowest BCUT2D eigenvalue weighted by molar-refractivity contribution is 0.763. The number of hydrogen-bond donors (Lipinski definition) is 4. The van der Waals surface area contributed by atoms with Crippen LogP contribution in [0.5, 0.6) is 0 Å². The first kappa shape index (κ1) is 7.39. The van der Waals surface area contributed by atoms with Crippen LogP contribution in [-0.2, 0) is 0 Å². The summed E-state index contributed by atoms with van der Waals surface area (Å²) in [4.78, 5) is 0. The second-order valence-corrected chi connectivity index (χ2v) is 1.49. The third-order valence-electron chi connectivity index (χ3n) is 0.637. The topological polar surface area (TPSA) is 87.9 Å². The number of nitrogens with two attached hydrogens (primary N) is 2. The average molecular weight is 116 g/mol. The minimum Gasteiger partial charge on any atom is -0.387 e. The van der Waals surface area contributed by atoms with Crippen LogP contribution in [0.3, 0.4) is 0 Å². The van der Waals surface area contributed by atoms with E-state index >= 15 is 0 Å². The van der Waals surface area contributed by atoms with E-state index in [1.54, 1.807) is 0 Å². The van der Waals surface area contributed by atoms with E-state index in [4.69, 9.17) is 16.9 Å². The van der Waals surface area contributed by atoms with Crippen LogP contribution in [0.1, 0.15) is 0 Å². The molecule has 0 saturated carbocycles. The van der Waals surface area contributed by atoms with Crippen molar-refractivity contribution < 1.29 is 0 Å². The maximum absolute atomic E-state index is 6.75. The van der Waals surface area contributed by atoms with Crippen LogP contribution < -0.4 is 16.8 Å². The summed E-state index contributed by atoms with van der Waals surface area (Å²) in [5.74, 6) is 0.151. The molecule has 0 aromatic rings. The van der Waals surface area contributed by atoms with Crippen molar-refractivity contribution in [3.8, 4) is 0 Å². The van der Waals surface area contributed by atoms with Crippen molar-refractivity contribution in [2.75, 3.05) is 19.6 Å². The summed E-state index contributed by atoms with van der Waals surface area (Å²) in [6, 6.07) is 0. The SMILES string of the molecule is N=C(N)CNCCN. The lowest BCUT2D eigenvalue weighted by Crippen LogP contribution is -2.31. The standard InChI is InChI=1S/C4H12N4/c5-1-2-8-3-4(6)7/h8H,1-3,5H2,(H3,6,7). The Balaban J connectivity index is 2.82. The van der Waals surface area contributed by atoms with Gasteiger partial charge in [0.25, 0.3) is 0 Å². The van der Waals surface area contributed by atoms with E-state index in [9.17, 15) is 0 Å². The van der Waals surface area contributed by atoms with Gasteiger partial charge in [-0.15, -0.1) is 0 Å². The summed E-state index contributed by atoms with van der Waals surface area (Å²) in [6.07, 6.45) is 0. The molecule has 0 saturated heterocycles. The maximum Gasteiger partial charge on any atom is 0.105 e. The van der Waals surface area contributed by atoms with Crippen LogP contribution in [0.15, 0.2) is 0 Å². The smallest absolute Gasteiger partial charge is 0.105 e. The van der Waals surface area contributed by atoms with Crippen molar-refractivity contribution in [1.82, 2.24) is 5.32 Å². The summed E-state index contributed by atoms with van der Waals surface area (Å²) in [7, 11) is 0. The van der Waals surface area contributed by atoms with Crippen LogP contribution >= 0.6 is 0 Å². The molecule has 0 radical (unpaired) electrons. The van der Waals surface area contributed by atoms with E-state index < -0.39 is 0 Å². The maximum atomic E-state index is 6.75. The highest BCUT2D eigenvalue weighted by Crippen LogP contribution is 1.54. The normalized spacial score (nSPS) is 9.12. The van der Waals surface area contributed by atoms with E-state index in [1.807, 2.05) is 0 Å². The second kappa shape index (κ2) is 4.55. The zero-order valence-electron chi connectivity index (χ0n) is 4.78. The van der Waals surface area contributed by atoms with Gasteiger partial charge in [-0.1, -0.05) is 0 Å². The Morgan fingerprint density at radius 3 is 2.62 bits per heavy atom. The Kier molecular flexibility index (Phi) is 4.20. The van der Waals surface area contributed by atoms with Crippen molar-refractivity contribution in [2.24, 2.45) is 11.5 Å². The van der Waals surface area contributed by atoms with Gasteiger partial charge in [0.05, 0.1) is 6.54 Å². The molecule has 0 bridgehead atoms. The number of amidine groups is 1. The molecule has 0 spiro atoms. The van der Waals surface area contributed by atoms with Crippen molar-refractivity contribution in [2.45, 2.75) is 0 Å². The van der Waals surface area contributed by atoms with Gasteiger partial charge in [0, 0.05) is 13.1 Å². The van der Waals surface area contributed by atoms with Gasteiger partial charge < -0.3 is 16.8 Å². The fourth-order valence-electron chi connectivity index (χ4n) is 0.325. The predicted octanol–water partition coefficient (Wildman–Crippen LogP) is -1.53. The van der Waals surface area contributed by atoms with Gasteiger partial charge in [-0.3, -0.25) is 5.41 Å². The Morgan fingerprint density at radius 1 is 1.62 bits per heavy atom. The molecule has 0 atom stereocenters. The molecular formula is C4H12N4. The lowest BCUT2D eigenvalue weighted by Gasteiger charge is -1.97. The molecule has 0 heterocycles. The number of hydrogen-bond acceptors (Lipinski definition) is 3. The molecule has 4 nitrogen and oxygen atoms in total. The predicted molar refractivity (Wildman–Crippen MR) is 33.8 cm³/mol. The molecule has 0 aliphatic heterocycles. The summed E-state index contributed by atoms with van der Waals surface area (Å²) < 4.78 is 0. The summed E-state index contributed by atoms with van der Waals surface area (Å²) in [6.45, 7) is 1.75. The van der Waals surface area contributed by atoms with Gasteiger partial charge in [-0.25, -0.2) is 0 Å². The molecule has 4 heteroatoms. The Hall–Kier alpha value is -0.610. The molecular weight excluding hydrogens is 104 g/mol. The van der Waals surface area contributed by atoms with E-state index in [0.29, 0.717) is 13.1 Å². The zero-order valence-corrected chi connectivity index (χ0v) is 4.78. The molecule has 0 aliphatic rings. The first-order chi connectivity index (χ1) is 3.77. The highest BCUT2D eigenvalue weighted by Gasteiger charge is 1.84. The fourth-order valence-corrected chi connectivity index (χ4v) is 0.325. The van der Waals surface area contributed by atoms with Crippen molar-refractivity contribution in [1.29, 1.82) is 5.41 Å². The third-order valence-corrected chi connectivity index (χ3v) is 0.637. The molecule has 0 aromatic heterocycles. The molecule has 0 aliphatic carbocycles. The molecule has 0 amide bonds. The minimum absolute atomic E-state index is 0.151. The average Bonchev–Trinajstić information content (AvgIpc) is 1.66. The van der Waals surface area contributed by atoms with E-state index in [2.05, 4.69) is 5.32 Å². The molecule has 0 rings (SSSR count). The molecule has 48 valence electrons. The quantitative estimate of drug-likeness (QED) is 0.204. The van der Waals surface area contributed by atoms with Gasteiger partial charge >= 0.3 is 0 Å². The monoisotopic (exact) mass is 116 g/mol. The van der Waals surface area contributed by atoms with E-state index in [-0.39, 0.29) is 5.84 Å². The van der Waals surface area contributed by atoms with Crippen LogP contribution in [0.25, 0.3) is 0 Å². The van der Waals surface area contributed by atoms with Crippen LogP contribution in [0.2, 0.25) is 0 Å². The van der Waals surface area contributed by atoms with Crippen molar-refractivity contribution >= 4 is 5.84 Å². The highest BCUT2D eigenvalue weighted by atomic mass is 14.9. The van der Waals surface area contributed by atoms with E-state index in [0.717, 1.165) is 6.54 Å². The first-order valence-electron chi connectivity index (χ1n) is 2.51. The molecule has 0 fully saturated rings. The Bertz CT molecular complexity index is 70.4. The molecule has 0 unspecified atom stereocenters. The van der Waals surface area contributed by atoms with Crippen LogP contribution in [0.4, 0.5) is 0 Å². The lowest BCUT2D eigenvalue weighted by atomic mass is 10.5. The van der Waals surface area contributed by atoms with E-state index in [1.165, 1.54) is 0 Å². The summed E-state index contributed by atoms with van der Waals surface area (Å²) in [5, 5.41) is 9.61. The molecule has 6 N–H and O–H groups in total. The first-order valence-corrected chi connectivity index (χ1v) is 2.51.